The molecule has 0 radical (unpaired) electrons. The largest absolute Gasteiger partial charge is 0.467 e. The van der Waals surface area contributed by atoms with E-state index in [1.807, 2.05) is 0 Å². The van der Waals surface area contributed by atoms with Gasteiger partial charge < -0.3 is 20.1 Å². The molecule has 7 nitrogen and oxygen atoms in total. The SMILES string of the molecule is COC(=O)C1CCCC2C(=O)OCC(N)C(=O)N12. The number of piperidine rings is 1. The number of rotatable bonds is 1. The van der Waals surface area contributed by atoms with Crippen molar-refractivity contribution in [1.82, 2.24) is 4.90 Å². The average Bonchev–Trinajstić information content (AvgIpc) is 2.50. The van der Waals surface area contributed by atoms with E-state index in [4.69, 9.17) is 10.5 Å². The molecule has 2 aliphatic heterocycles. The van der Waals surface area contributed by atoms with Crippen LogP contribution in [0.2, 0.25) is 0 Å². The molecule has 0 bridgehead atoms. The topological polar surface area (TPSA) is 98.9 Å². The Balaban J connectivity index is 2.32. The Labute approximate surface area is 104 Å². The number of esters is 2. The zero-order valence-corrected chi connectivity index (χ0v) is 10.1. The average molecular weight is 256 g/mol. The van der Waals surface area contributed by atoms with Gasteiger partial charge in [0.05, 0.1) is 7.11 Å². The van der Waals surface area contributed by atoms with Gasteiger partial charge in [0.2, 0.25) is 5.91 Å². The van der Waals surface area contributed by atoms with E-state index in [9.17, 15) is 14.4 Å². The van der Waals surface area contributed by atoms with Crippen molar-refractivity contribution in [3.8, 4) is 0 Å². The van der Waals surface area contributed by atoms with Crippen molar-refractivity contribution in [3.05, 3.63) is 0 Å². The van der Waals surface area contributed by atoms with E-state index in [1.165, 1.54) is 12.0 Å². The van der Waals surface area contributed by atoms with Crippen molar-refractivity contribution in [2.75, 3.05) is 13.7 Å². The number of hydrogen-bond acceptors (Lipinski definition) is 6. The van der Waals surface area contributed by atoms with Gasteiger partial charge >= 0.3 is 11.9 Å². The van der Waals surface area contributed by atoms with Gasteiger partial charge in [-0.3, -0.25) is 4.79 Å². The van der Waals surface area contributed by atoms with Crippen LogP contribution in [0.25, 0.3) is 0 Å². The van der Waals surface area contributed by atoms with Crippen molar-refractivity contribution in [3.63, 3.8) is 0 Å². The van der Waals surface area contributed by atoms with Crippen molar-refractivity contribution in [2.24, 2.45) is 5.73 Å². The van der Waals surface area contributed by atoms with E-state index >= 15 is 0 Å². The highest BCUT2D eigenvalue weighted by atomic mass is 16.5. The third kappa shape index (κ3) is 2.05. The molecule has 3 atom stereocenters. The summed E-state index contributed by atoms with van der Waals surface area (Å²) in [5, 5.41) is 0. The van der Waals surface area contributed by atoms with Gasteiger partial charge in [0, 0.05) is 0 Å². The molecule has 2 saturated heterocycles. The Bertz CT molecular complexity index is 384. The predicted octanol–water partition coefficient (Wildman–Crippen LogP) is -1.21. The van der Waals surface area contributed by atoms with Gasteiger partial charge in [-0.05, 0) is 19.3 Å². The first-order valence-corrected chi connectivity index (χ1v) is 5.88. The van der Waals surface area contributed by atoms with Crippen LogP contribution in [-0.2, 0) is 23.9 Å². The van der Waals surface area contributed by atoms with Gasteiger partial charge in [-0.2, -0.15) is 0 Å². The molecular weight excluding hydrogens is 240 g/mol. The molecule has 0 aromatic carbocycles. The number of ether oxygens (including phenoxy) is 2. The van der Waals surface area contributed by atoms with Gasteiger partial charge in [-0.25, -0.2) is 9.59 Å². The van der Waals surface area contributed by atoms with Crippen LogP contribution in [0, 0.1) is 0 Å². The normalized spacial score (nSPS) is 32.3. The van der Waals surface area contributed by atoms with Crippen LogP contribution in [0.3, 0.4) is 0 Å². The third-order valence-electron chi connectivity index (χ3n) is 3.35. The summed E-state index contributed by atoms with van der Waals surface area (Å²) in [5.74, 6) is -1.44. The lowest BCUT2D eigenvalue weighted by Crippen LogP contribution is -2.58. The highest BCUT2D eigenvalue weighted by Crippen LogP contribution is 2.27. The molecule has 18 heavy (non-hydrogen) atoms. The first-order chi connectivity index (χ1) is 8.56. The van der Waals surface area contributed by atoms with E-state index in [1.54, 1.807) is 0 Å². The van der Waals surface area contributed by atoms with Crippen LogP contribution < -0.4 is 5.73 Å². The Kier molecular flexibility index (Phi) is 3.51. The number of amides is 1. The molecular formula is C11H16N2O5. The minimum Gasteiger partial charge on any atom is -0.467 e. The fraction of sp³-hybridized carbons (Fsp3) is 0.727. The zero-order valence-electron chi connectivity index (χ0n) is 10.1. The van der Waals surface area contributed by atoms with Crippen molar-refractivity contribution < 1.29 is 23.9 Å². The van der Waals surface area contributed by atoms with Gasteiger partial charge in [0.25, 0.3) is 0 Å². The van der Waals surface area contributed by atoms with Gasteiger partial charge in [0.1, 0.15) is 24.7 Å². The molecule has 0 aromatic rings. The summed E-state index contributed by atoms with van der Waals surface area (Å²) < 4.78 is 9.61. The number of cyclic esters (lactones) is 1. The highest BCUT2D eigenvalue weighted by molar-refractivity contribution is 5.93. The van der Waals surface area contributed by atoms with Gasteiger partial charge in [-0.15, -0.1) is 0 Å². The molecule has 2 N–H and O–H groups in total. The number of fused-ring (bicyclic) bond motifs is 1. The second-order valence-electron chi connectivity index (χ2n) is 4.47. The molecule has 2 fully saturated rings. The monoisotopic (exact) mass is 256 g/mol. The number of nitrogens with zero attached hydrogens (tertiary/aromatic N) is 1. The quantitative estimate of drug-likeness (QED) is 0.591. The summed E-state index contributed by atoms with van der Waals surface area (Å²) in [6, 6.07) is -2.37. The second-order valence-corrected chi connectivity index (χ2v) is 4.47. The summed E-state index contributed by atoms with van der Waals surface area (Å²) >= 11 is 0. The van der Waals surface area contributed by atoms with Crippen molar-refractivity contribution in [1.29, 1.82) is 0 Å². The van der Waals surface area contributed by atoms with E-state index < -0.39 is 36.0 Å². The minimum absolute atomic E-state index is 0.140. The van der Waals surface area contributed by atoms with Crippen LogP contribution in [0.5, 0.6) is 0 Å². The number of methoxy groups -OCH3 is 1. The molecule has 1 amide bonds. The Morgan fingerprint density at radius 2 is 2.17 bits per heavy atom. The summed E-state index contributed by atoms with van der Waals surface area (Å²) in [6.07, 6.45) is 1.64. The fourth-order valence-electron chi connectivity index (χ4n) is 2.44. The number of carbonyl (C=O) groups excluding carboxylic acids is 3. The summed E-state index contributed by atoms with van der Waals surface area (Å²) in [4.78, 5) is 36.8. The van der Waals surface area contributed by atoms with Crippen LogP contribution in [-0.4, -0.2) is 54.6 Å². The summed E-state index contributed by atoms with van der Waals surface area (Å²) in [6.45, 7) is -0.140. The molecule has 2 aliphatic rings. The number of hydrogen-bond donors (Lipinski definition) is 1. The Morgan fingerprint density at radius 3 is 2.83 bits per heavy atom. The lowest BCUT2D eigenvalue weighted by atomic mass is 9.95. The molecule has 2 heterocycles. The molecule has 0 aromatic heterocycles. The standard InChI is InChI=1S/C11H16N2O5/c1-17-10(15)7-3-2-4-8-11(16)18-5-6(12)9(14)13(7)8/h6-8H,2-5,12H2,1H3. The molecule has 100 valence electrons. The maximum atomic E-state index is 12.1. The molecule has 0 aliphatic carbocycles. The van der Waals surface area contributed by atoms with Crippen molar-refractivity contribution >= 4 is 17.8 Å². The van der Waals surface area contributed by atoms with E-state index in [-0.39, 0.29) is 6.61 Å². The fourth-order valence-corrected chi connectivity index (χ4v) is 2.44. The molecule has 7 heteroatoms. The molecule has 2 rings (SSSR count). The molecule has 0 spiro atoms. The zero-order chi connectivity index (χ0) is 13.3. The summed E-state index contributed by atoms with van der Waals surface area (Å²) in [7, 11) is 1.26. The second kappa shape index (κ2) is 4.93. The maximum absolute atomic E-state index is 12.1. The lowest BCUT2D eigenvalue weighted by molar-refractivity contribution is -0.162. The first-order valence-electron chi connectivity index (χ1n) is 5.88. The Hall–Kier alpha value is -1.63. The van der Waals surface area contributed by atoms with Gasteiger partial charge in [0.15, 0.2) is 0 Å². The predicted molar refractivity (Wildman–Crippen MR) is 59.2 cm³/mol. The molecule has 3 unspecified atom stereocenters. The van der Waals surface area contributed by atoms with Crippen LogP contribution in [0.4, 0.5) is 0 Å². The van der Waals surface area contributed by atoms with Crippen molar-refractivity contribution in [2.45, 2.75) is 37.4 Å². The minimum atomic E-state index is -0.913. The van der Waals surface area contributed by atoms with Gasteiger partial charge in [-0.1, -0.05) is 0 Å². The lowest BCUT2D eigenvalue weighted by Gasteiger charge is -2.38. The van der Waals surface area contributed by atoms with E-state index in [2.05, 4.69) is 4.74 Å². The smallest absolute Gasteiger partial charge is 0.328 e. The number of nitrogens with two attached hydrogens (primary N) is 1. The highest BCUT2D eigenvalue weighted by Gasteiger charge is 2.46. The van der Waals surface area contributed by atoms with Crippen LogP contribution in [0.1, 0.15) is 19.3 Å². The maximum Gasteiger partial charge on any atom is 0.328 e. The first kappa shape index (κ1) is 12.8. The van der Waals surface area contributed by atoms with Crippen LogP contribution >= 0.6 is 0 Å². The molecule has 0 saturated carbocycles. The number of carbonyl (C=O) groups is 3. The van der Waals surface area contributed by atoms with E-state index in [0.29, 0.717) is 19.3 Å². The van der Waals surface area contributed by atoms with E-state index in [0.717, 1.165) is 0 Å². The summed E-state index contributed by atoms with van der Waals surface area (Å²) in [5.41, 5.74) is 5.63. The Morgan fingerprint density at radius 1 is 1.44 bits per heavy atom. The van der Waals surface area contributed by atoms with Crippen LogP contribution in [0.15, 0.2) is 0 Å². The third-order valence-corrected chi connectivity index (χ3v) is 3.35.